The van der Waals surface area contributed by atoms with Crippen molar-refractivity contribution in [3.05, 3.63) is 0 Å². The van der Waals surface area contributed by atoms with Crippen LogP contribution in [-0.2, 0) is 23.4 Å². The Morgan fingerprint density at radius 2 is 1.50 bits per heavy atom. The fourth-order valence-electron chi connectivity index (χ4n) is 0. The van der Waals surface area contributed by atoms with Crippen molar-refractivity contribution in [2.75, 3.05) is 0 Å². The summed E-state index contributed by atoms with van der Waals surface area (Å²) in [6.07, 6.45) is 1.50. The van der Waals surface area contributed by atoms with Gasteiger partial charge >= 0.3 is 0 Å². The largest absolute Gasteiger partial charge is 0.542 e. The van der Waals surface area contributed by atoms with E-state index in [0.717, 1.165) is 0 Å². The van der Waals surface area contributed by atoms with E-state index in [1.807, 2.05) is 0 Å². The van der Waals surface area contributed by atoms with Crippen molar-refractivity contribution in [2.45, 2.75) is 6.92 Å². The van der Waals surface area contributed by atoms with Crippen molar-refractivity contribution in [3.8, 4) is 0 Å². The first kappa shape index (κ1) is 16.4. The molecule has 0 unspecified atom stereocenters. The number of rotatable bonds is 0. The molecule has 0 heterocycles. The monoisotopic (exact) mass is 128 g/mol. The molecule has 0 rings (SSSR count). The van der Waals surface area contributed by atoms with Crippen LogP contribution in [0.15, 0.2) is 0 Å². The summed E-state index contributed by atoms with van der Waals surface area (Å²) >= 11 is 0. The molecule has 1 radical (unpaired) electrons. The Bertz CT molecular complexity index is 16.3. The molecule has 0 saturated heterocycles. The van der Waals surface area contributed by atoms with E-state index in [2.05, 4.69) is 0 Å². The molecule has 0 aliphatic rings. The second kappa shape index (κ2) is 65.4. The fourth-order valence-corrected chi connectivity index (χ4v) is 0. The average molecular weight is 128 g/mol. The summed E-state index contributed by atoms with van der Waals surface area (Å²) in [5.74, 6) is 0. The van der Waals surface area contributed by atoms with Crippen molar-refractivity contribution in [3.63, 3.8) is 0 Å². The topological polar surface area (TPSA) is 57.5 Å². The van der Waals surface area contributed by atoms with E-state index < -0.39 is 0 Å². The van der Waals surface area contributed by atoms with Gasteiger partial charge < -0.3 is 4.79 Å². The summed E-state index contributed by atoms with van der Waals surface area (Å²) in [4.78, 5) is 8.68. The van der Waals surface area contributed by atoms with Crippen LogP contribution in [-0.4, -0.2) is 16.8 Å². The van der Waals surface area contributed by atoms with Crippen molar-refractivity contribution in [1.82, 2.24) is 0 Å². The average Bonchev–Trinajstić information content (AvgIpc) is 1.46. The molecular formula is C2H5O3V-. The van der Waals surface area contributed by atoms with Crippen molar-refractivity contribution < 1.29 is 33.9 Å². The van der Waals surface area contributed by atoms with Crippen LogP contribution in [0.4, 0.5) is 0 Å². The Labute approximate surface area is 47.8 Å². The fraction of sp³-hybridized carbons (Fsp3) is 0.500. The second-order valence-corrected chi connectivity index (χ2v) is 0.204. The summed E-state index contributed by atoms with van der Waals surface area (Å²) < 4.78 is 0. The Balaban J connectivity index is -0.0000000275. The minimum absolute atomic E-state index is 0. The van der Waals surface area contributed by atoms with E-state index >= 15 is 0 Å². The third-order valence-electron chi connectivity index (χ3n) is 0. The molecule has 0 atom stereocenters. The SMILES string of the molecule is C[C-]=O.OO.[V]. The maximum absolute atomic E-state index is 8.68. The maximum Gasteiger partial charge on any atom is 0 e. The van der Waals surface area contributed by atoms with Gasteiger partial charge in [0.1, 0.15) is 0 Å². The van der Waals surface area contributed by atoms with Gasteiger partial charge in [-0.15, -0.1) is 0 Å². The van der Waals surface area contributed by atoms with Crippen LogP contribution in [0.1, 0.15) is 6.92 Å². The standard InChI is InChI=1S/C2H3O.H2O2.V/c1-2-3;1-2;/h1H3;1-2H;/q-1;;. The third-order valence-corrected chi connectivity index (χ3v) is 0. The number of hydrogen-bond donors (Lipinski definition) is 2. The molecular weight excluding hydrogens is 123 g/mol. The van der Waals surface area contributed by atoms with E-state index in [0.29, 0.717) is 0 Å². The second-order valence-electron chi connectivity index (χ2n) is 0.204. The van der Waals surface area contributed by atoms with E-state index in [1.54, 1.807) is 0 Å². The zero-order valence-electron chi connectivity index (χ0n) is 3.25. The third kappa shape index (κ3) is 1380. The summed E-state index contributed by atoms with van der Waals surface area (Å²) in [6.45, 7) is 1.32. The molecule has 0 bridgehead atoms. The number of hydrogen-bond acceptors (Lipinski definition) is 3. The zero-order valence-corrected chi connectivity index (χ0v) is 4.65. The molecule has 4 heteroatoms. The van der Waals surface area contributed by atoms with Crippen molar-refractivity contribution >= 4 is 6.29 Å². The maximum atomic E-state index is 8.68. The van der Waals surface area contributed by atoms with Crippen LogP contribution >= 0.6 is 0 Å². The van der Waals surface area contributed by atoms with E-state index in [-0.39, 0.29) is 18.6 Å². The van der Waals surface area contributed by atoms with Gasteiger partial charge in [-0.3, -0.25) is 16.8 Å². The molecule has 0 aliphatic heterocycles. The van der Waals surface area contributed by atoms with Crippen LogP contribution in [0, 0.1) is 0 Å². The molecule has 37 valence electrons. The van der Waals surface area contributed by atoms with Gasteiger partial charge in [0.15, 0.2) is 0 Å². The van der Waals surface area contributed by atoms with Crippen LogP contribution in [0.5, 0.6) is 0 Å². The molecule has 0 aromatic rings. The normalized spacial score (nSPS) is 3.17. The Morgan fingerprint density at radius 1 is 1.50 bits per heavy atom. The predicted octanol–water partition coefficient (Wildman–Crippen LogP) is 0.131. The van der Waals surface area contributed by atoms with Crippen LogP contribution in [0.3, 0.4) is 0 Å². The van der Waals surface area contributed by atoms with Gasteiger partial charge in [0.25, 0.3) is 0 Å². The van der Waals surface area contributed by atoms with Crippen LogP contribution in [0.25, 0.3) is 0 Å². The summed E-state index contributed by atoms with van der Waals surface area (Å²) in [5, 5.41) is 12.0. The predicted molar refractivity (Wildman–Crippen MR) is 16.6 cm³/mol. The van der Waals surface area contributed by atoms with Crippen molar-refractivity contribution in [2.24, 2.45) is 0 Å². The van der Waals surface area contributed by atoms with E-state index in [9.17, 15) is 0 Å². The zero-order chi connectivity index (χ0) is 4.71. The van der Waals surface area contributed by atoms with Gasteiger partial charge in [0, 0.05) is 18.6 Å². The first-order valence-corrected chi connectivity index (χ1v) is 0.904. The van der Waals surface area contributed by atoms with Gasteiger partial charge in [0.05, 0.1) is 0 Å². The summed E-state index contributed by atoms with van der Waals surface area (Å²) in [6, 6.07) is 0. The Hall–Kier alpha value is 0.174. The minimum Gasteiger partial charge on any atom is -0.542 e. The summed E-state index contributed by atoms with van der Waals surface area (Å²) in [7, 11) is 0. The van der Waals surface area contributed by atoms with Gasteiger partial charge in [-0.1, -0.05) is 0 Å². The molecule has 0 spiro atoms. The number of carbonyl (C=O) groups excluding carboxylic acids is 1. The molecule has 0 amide bonds. The smallest absolute Gasteiger partial charge is 0 e. The Kier molecular flexibility index (Phi) is 179. The quantitative estimate of drug-likeness (QED) is 0.277. The molecule has 0 aromatic heterocycles. The van der Waals surface area contributed by atoms with Gasteiger partial charge in [-0.05, 0) is 0 Å². The molecule has 2 N–H and O–H groups in total. The Morgan fingerprint density at radius 3 is 1.50 bits per heavy atom. The van der Waals surface area contributed by atoms with Gasteiger partial charge in [-0.25, -0.2) is 0 Å². The van der Waals surface area contributed by atoms with E-state index in [4.69, 9.17) is 15.3 Å². The molecule has 3 nitrogen and oxygen atoms in total. The minimum atomic E-state index is 0. The van der Waals surface area contributed by atoms with Gasteiger partial charge in [0.2, 0.25) is 0 Å². The molecule has 6 heavy (non-hydrogen) atoms. The summed E-state index contributed by atoms with van der Waals surface area (Å²) in [5.41, 5.74) is 0. The first-order valence-electron chi connectivity index (χ1n) is 0.904. The van der Waals surface area contributed by atoms with Crippen molar-refractivity contribution in [1.29, 1.82) is 0 Å². The van der Waals surface area contributed by atoms with E-state index in [1.165, 1.54) is 13.2 Å². The van der Waals surface area contributed by atoms with Crippen LogP contribution < -0.4 is 0 Å². The van der Waals surface area contributed by atoms with Gasteiger partial charge in [-0.2, -0.15) is 6.92 Å². The molecule has 0 aliphatic carbocycles. The van der Waals surface area contributed by atoms with Crippen LogP contribution in [0.2, 0.25) is 0 Å². The molecule has 0 aromatic carbocycles. The molecule has 0 saturated carbocycles. The molecule has 0 fully saturated rings. The first-order chi connectivity index (χ1) is 2.41.